The second kappa shape index (κ2) is 13.9. The monoisotopic (exact) mass is 624 g/mol. The molecule has 246 valence electrons. The first-order valence-electron chi connectivity index (χ1n) is 17.4. The number of nitrogens with one attached hydrogen (secondary N) is 4. The van der Waals surface area contributed by atoms with Crippen LogP contribution in [0.4, 0.5) is 0 Å². The molecule has 4 aromatic heterocycles. The van der Waals surface area contributed by atoms with Gasteiger partial charge in [-0.05, 0) is 81.2 Å². The first-order valence-corrected chi connectivity index (χ1v) is 17.4. The van der Waals surface area contributed by atoms with Crippen molar-refractivity contribution in [3.8, 4) is 0 Å². The number of aromatic amines is 4. The van der Waals surface area contributed by atoms with Crippen molar-refractivity contribution in [3.05, 3.63) is 90.1 Å². The van der Waals surface area contributed by atoms with Gasteiger partial charge in [0.05, 0.1) is 0 Å². The number of ketones is 3. The van der Waals surface area contributed by atoms with Crippen LogP contribution in [0.5, 0.6) is 0 Å². The van der Waals surface area contributed by atoms with Crippen molar-refractivity contribution in [1.29, 1.82) is 0 Å². The van der Waals surface area contributed by atoms with Gasteiger partial charge < -0.3 is 19.9 Å². The Hall–Kier alpha value is -3.87. The van der Waals surface area contributed by atoms with Crippen LogP contribution < -0.4 is 0 Å². The summed E-state index contributed by atoms with van der Waals surface area (Å²) in [7, 11) is 0. The summed E-state index contributed by atoms with van der Waals surface area (Å²) in [5.41, 5.74) is 16.3. The van der Waals surface area contributed by atoms with E-state index in [1.165, 1.54) is 11.1 Å². The second-order valence-corrected chi connectivity index (χ2v) is 13.4. The molecule has 0 aromatic carbocycles. The summed E-state index contributed by atoms with van der Waals surface area (Å²) in [6, 6.07) is 0. The molecular formula is C39H52N4O3. The molecule has 7 nitrogen and oxygen atoms in total. The van der Waals surface area contributed by atoms with Crippen LogP contribution in [-0.4, -0.2) is 37.3 Å². The zero-order valence-corrected chi connectivity index (χ0v) is 29.2. The lowest BCUT2D eigenvalue weighted by molar-refractivity contribution is 0.100. The SMILES string of the molecule is CCCc1c2[nH]c(c1C)Cc1[nH]c(c(C(C)=O)c1CCC)Cc1[nH]c(c(CCC)c1C(C)=O)Cc1[nH]c(c(C(C)=O)c1CCC)C2. The average molecular weight is 625 g/mol. The van der Waals surface area contributed by atoms with Crippen LogP contribution in [0.15, 0.2) is 0 Å². The summed E-state index contributed by atoms with van der Waals surface area (Å²) < 4.78 is 0. The molecule has 0 radical (unpaired) electrons. The van der Waals surface area contributed by atoms with Crippen LogP contribution in [0, 0.1) is 6.92 Å². The van der Waals surface area contributed by atoms with Crippen molar-refractivity contribution in [1.82, 2.24) is 19.9 Å². The molecule has 0 spiro atoms. The van der Waals surface area contributed by atoms with Gasteiger partial charge in [0.2, 0.25) is 0 Å². The second-order valence-electron chi connectivity index (χ2n) is 13.4. The minimum Gasteiger partial charge on any atom is -0.361 e. The molecule has 0 aliphatic carbocycles. The minimum atomic E-state index is 0.0341. The van der Waals surface area contributed by atoms with E-state index in [2.05, 4.69) is 54.6 Å². The third kappa shape index (κ3) is 6.13. The molecule has 1 aliphatic heterocycles. The highest BCUT2D eigenvalue weighted by Crippen LogP contribution is 2.34. The number of H-pyrrole nitrogens is 4. The summed E-state index contributed by atoms with van der Waals surface area (Å²) in [5.74, 6) is 0.176. The highest BCUT2D eigenvalue weighted by atomic mass is 16.1. The van der Waals surface area contributed by atoms with Crippen LogP contribution in [0.1, 0.15) is 179 Å². The Balaban J connectivity index is 1.84. The van der Waals surface area contributed by atoms with E-state index in [1.54, 1.807) is 20.8 Å². The largest absolute Gasteiger partial charge is 0.361 e. The molecule has 5 heterocycles. The van der Waals surface area contributed by atoms with Gasteiger partial charge in [-0.3, -0.25) is 14.4 Å². The molecule has 4 aromatic rings. The zero-order valence-electron chi connectivity index (χ0n) is 29.2. The average Bonchev–Trinajstić information content (AvgIpc) is 3.69. The maximum absolute atomic E-state index is 13.3. The smallest absolute Gasteiger partial charge is 0.161 e. The van der Waals surface area contributed by atoms with Gasteiger partial charge in [0.25, 0.3) is 0 Å². The molecule has 8 bridgehead atoms. The van der Waals surface area contributed by atoms with Crippen molar-refractivity contribution < 1.29 is 14.4 Å². The molecule has 0 unspecified atom stereocenters. The van der Waals surface area contributed by atoms with Gasteiger partial charge in [-0.15, -0.1) is 0 Å². The Bertz CT molecular complexity index is 1790. The summed E-state index contributed by atoms with van der Waals surface area (Å²) >= 11 is 0. The molecule has 0 saturated carbocycles. The quantitative estimate of drug-likeness (QED) is 0.111. The minimum absolute atomic E-state index is 0.0341. The summed E-state index contributed by atoms with van der Waals surface area (Å²) in [4.78, 5) is 54.9. The molecule has 0 amide bonds. The molecule has 4 N–H and O–H groups in total. The van der Waals surface area contributed by atoms with Gasteiger partial charge in [-0.1, -0.05) is 53.4 Å². The zero-order chi connectivity index (χ0) is 33.3. The Morgan fingerprint density at radius 1 is 0.435 bits per heavy atom. The van der Waals surface area contributed by atoms with Crippen molar-refractivity contribution in [3.63, 3.8) is 0 Å². The van der Waals surface area contributed by atoms with Crippen LogP contribution in [-0.2, 0) is 51.4 Å². The van der Waals surface area contributed by atoms with E-state index in [0.717, 1.165) is 130 Å². The molecule has 0 fully saturated rings. The molecule has 0 saturated heterocycles. The lowest BCUT2D eigenvalue weighted by Crippen LogP contribution is -2.06. The fraction of sp³-hybridized carbons (Fsp3) is 0.513. The van der Waals surface area contributed by atoms with Crippen molar-refractivity contribution in [2.24, 2.45) is 0 Å². The Labute approximate surface area is 273 Å². The highest BCUT2D eigenvalue weighted by Gasteiger charge is 2.29. The van der Waals surface area contributed by atoms with E-state index in [1.807, 2.05) is 0 Å². The summed E-state index contributed by atoms with van der Waals surface area (Å²) in [6.07, 6.45) is 9.43. The maximum Gasteiger partial charge on any atom is 0.161 e. The van der Waals surface area contributed by atoms with Gasteiger partial charge in [-0.25, -0.2) is 0 Å². The van der Waals surface area contributed by atoms with Crippen molar-refractivity contribution in [2.75, 3.05) is 0 Å². The molecular weight excluding hydrogens is 572 g/mol. The normalized spacial score (nSPS) is 13.0. The number of rotatable bonds is 11. The fourth-order valence-corrected chi connectivity index (χ4v) is 8.05. The van der Waals surface area contributed by atoms with Crippen LogP contribution in [0.25, 0.3) is 0 Å². The van der Waals surface area contributed by atoms with Crippen molar-refractivity contribution >= 4 is 17.3 Å². The Kier molecular flexibility index (Phi) is 10.1. The van der Waals surface area contributed by atoms with Crippen LogP contribution in [0.3, 0.4) is 0 Å². The number of hydrogen-bond donors (Lipinski definition) is 4. The lowest BCUT2D eigenvalue weighted by Gasteiger charge is -2.08. The molecule has 0 atom stereocenters. The molecule has 46 heavy (non-hydrogen) atoms. The molecule has 1 aliphatic rings. The third-order valence-corrected chi connectivity index (χ3v) is 9.85. The first kappa shape index (κ1) is 33.5. The number of aromatic nitrogens is 4. The summed E-state index contributed by atoms with van der Waals surface area (Å²) in [5, 5.41) is 0. The predicted octanol–water partition coefficient (Wildman–Crippen LogP) is 8.40. The number of hydrogen-bond acceptors (Lipinski definition) is 3. The molecule has 5 rings (SSSR count). The maximum atomic E-state index is 13.3. The van der Waals surface area contributed by atoms with E-state index in [-0.39, 0.29) is 17.3 Å². The van der Waals surface area contributed by atoms with Crippen LogP contribution >= 0.6 is 0 Å². The van der Waals surface area contributed by atoms with Crippen LogP contribution in [0.2, 0.25) is 0 Å². The first-order chi connectivity index (χ1) is 22.0. The number of carbonyl (C=O) groups excluding carboxylic acids is 3. The van der Waals surface area contributed by atoms with E-state index in [4.69, 9.17) is 0 Å². The topological polar surface area (TPSA) is 114 Å². The number of fused-ring (bicyclic) bond motifs is 8. The standard InChI is InChI=1S/C39H52N4O3/c1-9-13-25-21(5)29-17-31-26(14-10-2)38(23(7)45)35(41-31)20-36-39(24(8)46)28(16-12-4)33(43-36)18-32-27(15-11-3)37(22(6)44)34(42-32)19-30(25)40-29/h40-43H,9-20H2,1-8H3. The van der Waals surface area contributed by atoms with Gasteiger partial charge >= 0.3 is 0 Å². The Morgan fingerprint density at radius 2 is 0.696 bits per heavy atom. The number of carbonyl (C=O) groups is 3. The molecule has 7 heteroatoms. The number of Topliss-reactive ketones (excluding diaryl/α,β-unsaturated/α-hetero) is 3. The van der Waals surface area contributed by atoms with Gasteiger partial charge in [0, 0.05) is 87.9 Å². The predicted molar refractivity (Wildman–Crippen MR) is 185 cm³/mol. The van der Waals surface area contributed by atoms with E-state index in [9.17, 15) is 14.4 Å². The highest BCUT2D eigenvalue weighted by molar-refractivity contribution is 5.99. The fourth-order valence-electron chi connectivity index (χ4n) is 8.05. The van der Waals surface area contributed by atoms with Crippen molar-refractivity contribution in [2.45, 2.75) is 132 Å². The van der Waals surface area contributed by atoms with Gasteiger partial charge in [0.1, 0.15) is 0 Å². The Morgan fingerprint density at radius 3 is 1.04 bits per heavy atom. The lowest BCUT2D eigenvalue weighted by atomic mass is 9.94. The van der Waals surface area contributed by atoms with E-state index >= 15 is 0 Å². The van der Waals surface area contributed by atoms with E-state index < -0.39 is 0 Å². The third-order valence-electron chi connectivity index (χ3n) is 9.85. The van der Waals surface area contributed by atoms with Gasteiger partial charge in [0.15, 0.2) is 17.3 Å². The van der Waals surface area contributed by atoms with E-state index in [0.29, 0.717) is 25.7 Å². The van der Waals surface area contributed by atoms with Gasteiger partial charge in [-0.2, -0.15) is 0 Å². The summed E-state index contributed by atoms with van der Waals surface area (Å²) in [6.45, 7) is 15.9.